The van der Waals surface area contributed by atoms with Crippen LogP contribution in [0.3, 0.4) is 0 Å². The Hall–Kier alpha value is -1.64. The minimum absolute atomic E-state index is 0. The first-order valence-electron chi connectivity index (χ1n) is 7.54. The van der Waals surface area contributed by atoms with Crippen LogP contribution < -0.4 is 6.15 Å². The zero-order chi connectivity index (χ0) is 13.8. The lowest BCUT2D eigenvalue weighted by molar-refractivity contribution is 0.268. The van der Waals surface area contributed by atoms with Gasteiger partial charge in [-0.3, -0.25) is 4.90 Å². The molecule has 1 atom stereocenters. The van der Waals surface area contributed by atoms with Crippen molar-refractivity contribution in [2.45, 2.75) is 26.3 Å². The zero-order valence-corrected chi connectivity index (χ0v) is 13.0. The fraction of sp³-hybridized carbons (Fsp3) is 0.368. The minimum Gasteiger partial charge on any atom is -0.344 e. The van der Waals surface area contributed by atoms with Crippen LogP contribution in [0.5, 0.6) is 0 Å². The van der Waals surface area contributed by atoms with Gasteiger partial charge in [0.2, 0.25) is 0 Å². The molecule has 0 aliphatic carbocycles. The van der Waals surface area contributed by atoms with E-state index in [4.69, 9.17) is 0 Å². The molecule has 0 aromatic heterocycles. The van der Waals surface area contributed by atoms with E-state index in [1.165, 1.54) is 37.1 Å². The van der Waals surface area contributed by atoms with Gasteiger partial charge in [-0.1, -0.05) is 67.6 Å². The Bertz CT molecular complexity index is 538. The molecule has 1 fully saturated rings. The molecule has 0 spiro atoms. The van der Waals surface area contributed by atoms with E-state index < -0.39 is 0 Å². The Balaban J connectivity index is 0.00000161. The lowest BCUT2D eigenvalue weighted by Crippen LogP contribution is -2.26. The van der Waals surface area contributed by atoms with Crippen molar-refractivity contribution in [1.29, 1.82) is 0 Å². The van der Waals surface area contributed by atoms with Gasteiger partial charge in [-0.15, -0.1) is 0 Å². The smallest absolute Gasteiger partial charge is 0.0233 e. The van der Waals surface area contributed by atoms with Crippen molar-refractivity contribution >= 4 is 0 Å². The van der Waals surface area contributed by atoms with Crippen LogP contribution in [-0.2, 0) is 13.0 Å². The average molecular weight is 282 g/mol. The van der Waals surface area contributed by atoms with Gasteiger partial charge < -0.3 is 6.15 Å². The van der Waals surface area contributed by atoms with Gasteiger partial charge in [-0.05, 0) is 35.9 Å². The molecule has 21 heavy (non-hydrogen) atoms. The molecular weight excluding hydrogens is 256 g/mol. The van der Waals surface area contributed by atoms with Crippen molar-refractivity contribution in [3.05, 3.63) is 71.8 Å². The summed E-state index contributed by atoms with van der Waals surface area (Å²) in [5.74, 6) is 0. The summed E-state index contributed by atoms with van der Waals surface area (Å²) in [6.45, 7) is 5.95. The molecule has 2 nitrogen and oxygen atoms in total. The maximum Gasteiger partial charge on any atom is 0.0233 e. The molecule has 2 heteroatoms. The van der Waals surface area contributed by atoms with Gasteiger partial charge in [0.25, 0.3) is 0 Å². The summed E-state index contributed by atoms with van der Waals surface area (Å²) in [7, 11) is 0. The highest BCUT2D eigenvalue weighted by atomic mass is 15.2. The second-order valence-corrected chi connectivity index (χ2v) is 6.42. The number of hydrogen-bond donors (Lipinski definition) is 1. The predicted molar refractivity (Wildman–Crippen MR) is 89.6 cm³/mol. The normalized spacial score (nSPS) is 22.0. The molecule has 0 saturated carbocycles. The summed E-state index contributed by atoms with van der Waals surface area (Å²) in [5, 5.41) is 0. The summed E-state index contributed by atoms with van der Waals surface area (Å²) in [4.78, 5) is 2.60. The third-order valence-electron chi connectivity index (χ3n) is 4.36. The molecule has 112 valence electrons. The monoisotopic (exact) mass is 282 g/mol. The first kappa shape index (κ1) is 15.7. The molecule has 0 radical (unpaired) electrons. The van der Waals surface area contributed by atoms with Crippen LogP contribution in [0.15, 0.2) is 60.7 Å². The van der Waals surface area contributed by atoms with Gasteiger partial charge in [-0.25, -0.2) is 0 Å². The fourth-order valence-electron chi connectivity index (χ4n) is 3.34. The second kappa shape index (κ2) is 6.88. The Kier molecular flexibility index (Phi) is 5.16. The predicted octanol–water partition coefficient (Wildman–Crippen LogP) is 4.30. The Labute approximate surface area is 128 Å². The molecule has 1 aliphatic heterocycles. The second-order valence-electron chi connectivity index (χ2n) is 6.42. The molecule has 0 amide bonds. The van der Waals surface area contributed by atoms with Gasteiger partial charge in [0, 0.05) is 13.1 Å². The van der Waals surface area contributed by atoms with Gasteiger partial charge in [0.05, 0.1) is 0 Å². The third kappa shape index (κ3) is 4.16. The van der Waals surface area contributed by atoms with Crippen LogP contribution >= 0.6 is 0 Å². The quantitative estimate of drug-likeness (QED) is 0.907. The lowest BCUT2D eigenvalue weighted by Gasteiger charge is -2.25. The summed E-state index contributed by atoms with van der Waals surface area (Å²) in [6, 6.07) is 21.7. The van der Waals surface area contributed by atoms with E-state index in [0.29, 0.717) is 5.41 Å². The number of rotatable bonds is 4. The van der Waals surface area contributed by atoms with Crippen molar-refractivity contribution in [1.82, 2.24) is 11.1 Å². The number of likely N-dealkylation sites (tertiary alicyclic amines) is 1. The SMILES string of the molecule is CC1(Cc2ccccc2)CCN(Cc2ccccc2)C1.N. The van der Waals surface area contributed by atoms with E-state index in [0.717, 1.165) is 6.54 Å². The first-order chi connectivity index (χ1) is 9.73. The topological polar surface area (TPSA) is 38.2 Å². The zero-order valence-electron chi connectivity index (χ0n) is 13.0. The standard InChI is InChI=1S/C19H23N.H3N/c1-19(14-17-8-4-2-5-9-17)12-13-20(16-19)15-18-10-6-3-7-11-18;/h2-11H,12-16H2,1H3;1H3. The highest BCUT2D eigenvalue weighted by molar-refractivity contribution is 5.18. The molecule has 2 aromatic carbocycles. The third-order valence-corrected chi connectivity index (χ3v) is 4.36. The van der Waals surface area contributed by atoms with E-state index in [1.54, 1.807) is 0 Å². The lowest BCUT2D eigenvalue weighted by atomic mass is 9.83. The Morgan fingerprint density at radius 2 is 1.48 bits per heavy atom. The summed E-state index contributed by atoms with van der Waals surface area (Å²) in [5.41, 5.74) is 3.32. The summed E-state index contributed by atoms with van der Waals surface area (Å²) < 4.78 is 0. The largest absolute Gasteiger partial charge is 0.344 e. The van der Waals surface area contributed by atoms with E-state index in [2.05, 4.69) is 72.5 Å². The van der Waals surface area contributed by atoms with Crippen LogP contribution in [0, 0.1) is 5.41 Å². The first-order valence-corrected chi connectivity index (χ1v) is 7.54. The highest BCUT2D eigenvalue weighted by Gasteiger charge is 2.33. The van der Waals surface area contributed by atoms with Crippen LogP contribution in [-0.4, -0.2) is 18.0 Å². The molecule has 1 aliphatic rings. The van der Waals surface area contributed by atoms with Gasteiger partial charge >= 0.3 is 0 Å². The minimum atomic E-state index is 0. The average Bonchev–Trinajstić information content (AvgIpc) is 2.82. The highest BCUT2D eigenvalue weighted by Crippen LogP contribution is 2.34. The molecule has 2 aromatic rings. The van der Waals surface area contributed by atoms with Crippen LogP contribution in [0.25, 0.3) is 0 Å². The molecule has 3 rings (SSSR count). The molecule has 3 N–H and O–H groups in total. The van der Waals surface area contributed by atoms with E-state index in [9.17, 15) is 0 Å². The van der Waals surface area contributed by atoms with Crippen molar-refractivity contribution in [2.75, 3.05) is 13.1 Å². The van der Waals surface area contributed by atoms with E-state index in [-0.39, 0.29) is 6.15 Å². The van der Waals surface area contributed by atoms with E-state index in [1.807, 2.05) is 0 Å². The van der Waals surface area contributed by atoms with Gasteiger partial charge in [0.15, 0.2) is 0 Å². The molecular formula is C19H26N2. The molecule has 1 heterocycles. The Morgan fingerprint density at radius 3 is 2.10 bits per heavy atom. The Morgan fingerprint density at radius 1 is 0.905 bits per heavy atom. The molecule has 0 bridgehead atoms. The summed E-state index contributed by atoms with van der Waals surface area (Å²) >= 11 is 0. The van der Waals surface area contributed by atoms with E-state index >= 15 is 0 Å². The summed E-state index contributed by atoms with van der Waals surface area (Å²) in [6.07, 6.45) is 2.49. The fourth-order valence-corrected chi connectivity index (χ4v) is 3.34. The molecule has 1 saturated heterocycles. The van der Waals surface area contributed by atoms with Gasteiger partial charge in [-0.2, -0.15) is 0 Å². The van der Waals surface area contributed by atoms with Crippen LogP contribution in [0.1, 0.15) is 24.5 Å². The number of nitrogens with zero attached hydrogens (tertiary/aromatic N) is 1. The van der Waals surface area contributed by atoms with Gasteiger partial charge in [0.1, 0.15) is 0 Å². The van der Waals surface area contributed by atoms with Crippen molar-refractivity contribution in [3.63, 3.8) is 0 Å². The van der Waals surface area contributed by atoms with Crippen LogP contribution in [0.4, 0.5) is 0 Å². The number of hydrogen-bond acceptors (Lipinski definition) is 2. The van der Waals surface area contributed by atoms with Crippen molar-refractivity contribution in [2.24, 2.45) is 5.41 Å². The maximum absolute atomic E-state index is 2.60. The molecule has 1 unspecified atom stereocenters. The van der Waals surface area contributed by atoms with Crippen LogP contribution in [0.2, 0.25) is 0 Å². The maximum atomic E-state index is 2.60. The number of benzene rings is 2. The van der Waals surface area contributed by atoms with Crippen molar-refractivity contribution < 1.29 is 0 Å². The van der Waals surface area contributed by atoms with Crippen molar-refractivity contribution in [3.8, 4) is 0 Å².